The Balaban J connectivity index is 2.28. The minimum Gasteiger partial charge on any atom is -0.361 e. The Hall–Kier alpha value is -2.63. The van der Waals surface area contributed by atoms with Crippen LogP contribution in [0.2, 0.25) is 0 Å². The number of hydrogen-bond donors (Lipinski definition) is 2. The maximum Gasteiger partial charge on any atom is 0.261 e. The van der Waals surface area contributed by atoms with Gasteiger partial charge in [0.05, 0.1) is 5.69 Å². The van der Waals surface area contributed by atoms with Gasteiger partial charge >= 0.3 is 0 Å². The smallest absolute Gasteiger partial charge is 0.261 e. The number of nitrogens with one attached hydrogen (secondary N) is 2. The largest absolute Gasteiger partial charge is 0.361 e. The molecular formula is C16H19N3O3. The first kappa shape index (κ1) is 15.8. The first-order valence-corrected chi connectivity index (χ1v) is 7.02. The number of carbonyl (C=O) groups excluding carboxylic acids is 2. The Bertz CT molecular complexity index is 685. The van der Waals surface area contributed by atoms with Gasteiger partial charge in [-0.05, 0) is 37.5 Å². The standard InChI is InChI=1S/C16H19N3O3/c1-9(2)13-6-5-12(7-14(13)17-8-20)18-16(21)15-10(3)19-22-11(15)4/h5-9H,1-4H3,(H,17,20)(H,18,21). The van der Waals surface area contributed by atoms with Gasteiger partial charge in [0.1, 0.15) is 11.3 Å². The van der Waals surface area contributed by atoms with Crippen molar-refractivity contribution in [2.45, 2.75) is 33.6 Å². The van der Waals surface area contributed by atoms with Crippen LogP contribution in [0.3, 0.4) is 0 Å². The summed E-state index contributed by atoms with van der Waals surface area (Å²) < 4.78 is 5.00. The summed E-state index contributed by atoms with van der Waals surface area (Å²) in [6.45, 7) is 7.48. The van der Waals surface area contributed by atoms with E-state index in [4.69, 9.17) is 4.52 Å². The zero-order chi connectivity index (χ0) is 16.3. The van der Waals surface area contributed by atoms with Gasteiger partial charge in [-0.15, -0.1) is 0 Å². The first-order valence-electron chi connectivity index (χ1n) is 7.02. The summed E-state index contributed by atoms with van der Waals surface area (Å²) in [7, 11) is 0. The summed E-state index contributed by atoms with van der Waals surface area (Å²) >= 11 is 0. The van der Waals surface area contributed by atoms with Gasteiger partial charge in [-0.1, -0.05) is 25.1 Å². The van der Waals surface area contributed by atoms with E-state index in [0.717, 1.165) is 5.56 Å². The van der Waals surface area contributed by atoms with Crippen molar-refractivity contribution in [3.63, 3.8) is 0 Å². The molecule has 2 N–H and O–H groups in total. The fraction of sp³-hybridized carbons (Fsp3) is 0.312. The topological polar surface area (TPSA) is 84.2 Å². The van der Waals surface area contributed by atoms with Crippen molar-refractivity contribution in [1.29, 1.82) is 0 Å². The summed E-state index contributed by atoms with van der Waals surface area (Å²) in [4.78, 5) is 23.0. The van der Waals surface area contributed by atoms with Crippen molar-refractivity contribution >= 4 is 23.7 Å². The van der Waals surface area contributed by atoms with Crippen LogP contribution >= 0.6 is 0 Å². The van der Waals surface area contributed by atoms with Crippen LogP contribution in [-0.4, -0.2) is 17.5 Å². The van der Waals surface area contributed by atoms with Gasteiger partial charge in [0.15, 0.2) is 0 Å². The van der Waals surface area contributed by atoms with Gasteiger partial charge in [-0.25, -0.2) is 0 Å². The number of rotatable bonds is 5. The minimum atomic E-state index is -0.286. The maximum atomic E-state index is 12.3. The molecule has 0 atom stereocenters. The van der Waals surface area contributed by atoms with Crippen LogP contribution in [0.25, 0.3) is 0 Å². The van der Waals surface area contributed by atoms with Crippen LogP contribution < -0.4 is 10.6 Å². The van der Waals surface area contributed by atoms with Crippen molar-refractivity contribution < 1.29 is 14.1 Å². The molecule has 0 aliphatic heterocycles. The van der Waals surface area contributed by atoms with Gasteiger partial charge in [0.25, 0.3) is 5.91 Å². The second-order valence-corrected chi connectivity index (χ2v) is 5.37. The second-order valence-electron chi connectivity index (χ2n) is 5.37. The molecule has 116 valence electrons. The van der Waals surface area contributed by atoms with Crippen LogP contribution in [-0.2, 0) is 4.79 Å². The molecule has 0 spiro atoms. The predicted molar refractivity (Wildman–Crippen MR) is 84.1 cm³/mol. The SMILES string of the molecule is Cc1noc(C)c1C(=O)Nc1ccc(C(C)C)c(NC=O)c1. The third-order valence-electron chi connectivity index (χ3n) is 3.41. The van der Waals surface area contributed by atoms with Crippen LogP contribution in [0.1, 0.15) is 47.1 Å². The summed E-state index contributed by atoms with van der Waals surface area (Å²) in [6.07, 6.45) is 0.626. The van der Waals surface area contributed by atoms with E-state index >= 15 is 0 Å². The maximum absolute atomic E-state index is 12.3. The average Bonchev–Trinajstić information content (AvgIpc) is 2.78. The molecule has 2 aromatic rings. The Labute approximate surface area is 128 Å². The summed E-state index contributed by atoms with van der Waals surface area (Å²) in [6, 6.07) is 5.43. The molecule has 1 aromatic heterocycles. The molecule has 1 aromatic carbocycles. The van der Waals surface area contributed by atoms with Crippen LogP contribution in [0.5, 0.6) is 0 Å². The molecule has 1 heterocycles. The minimum absolute atomic E-state index is 0.259. The van der Waals surface area contributed by atoms with Crippen LogP contribution in [0.15, 0.2) is 22.7 Å². The van der Waals surface area contributed by atoms with E-state index in [1.54, 1.807) is 26.0 Å². The number of anilines is 2. The molecular weight excluding hydrogens is 282 g/mol. The number of aromatic nitrogens is 1. The molecule has 0 unspecified atom stereocenters. The van der Waals surface area contributed by atoms with Gasteiger partial charge < -0.3 is 15.2 Å². The van der Waals surface area contributed by atoms with Crippen LogP contribution in [0.4, 0.5) is 11.4 Å². The van der Waals surface area contributed by atoms with E-state index in [9.17, 15) is 9.59 Å². The first-order chi connectivity index (χ1) is 10.4. The third-order valence-corrected chi connectivity index (χ3v) is 3.41. The van der Waals surface area contributed by atoms with E-state index in [0.29, 0.717) is 34.8 Å². The predicted octanol–water partition coefficient (Wildman–Crippen LogP) is 3.24. The molecule has 2 amide bonds. The Kier molecular flexibility index (Phi) is 4.60. The quantitative estimate of drug-likeness (QED) is 0.830. The summed E-state index contributed by atoms with van der Waals surface area (Å²) in [5.41, 5.74) is 3.25. The highest BCUT2D eigenvalue weighted by atomic mass is 16.5. The summed E-state index contributed by atoms with van der Waals surface area (Å²) in [5, 5.41) is 9.23. The highest BCUT2D eigenvalue weighted by Gasteiger charge is 2.18. The fourth-order valence-corrected chi connectivity index (χ4v) is 2.33. The van der Waals surface area contributed by atoms with Crippen LogP contribution in [0, 0.1) is 13.8 Å². The molecule has 22 heavy (non-hydrogen) atoms. The normalized spacial score (nSPS) is 10.6. The second kappa shape index (κ2) is 6.43. The van der Waals surface area contributed by atoms with Crippen molar-refractivity contribution in [3.05, 3.63) is 40.8 Å². The van der Waals surface area contributed by atoms with Crippen molar-refractivity contribution in [2.24, 2.45) is 0 Å². The van der Waals surface area contributed by atoms with Gasteiger partial charge in [-0.3, -0.25) is 9.59 Å². The van der Waals surface area contributed by atoms with Gasteiger partial charge in [-0.2, -0.15) is 0 Å². The highest BCUT2D eigenvalue weighted by molar-refractivity contribution is 6.06. The van der Waals surface area contributed by atoms with E-state index < -0.39 is 0 Å². The van der Waals surface area contributed by atoms with Crippen molar-refractivity contribution in [3.8, 4) is 0 Å². The Morgan fingerprint density at radius 2 is 2.05 bits per heavy atom. The number of nitrogens with zero attached hydrogens (tertiary/aromatic N) is 1. The molecule has 0 radical (unpaired) electrons. The molecule has 0 aliphatic rings. The number of amides is 2. The lowest BCUT2D eigenvalue weighted by atomic mass is 10.0. The molecule has 0 saturated heterocycles. The molecule has 0 aliphatic carbocycles. The van der Waals surface area contributed by atoms with E-state index in [2.05, 4.69) is 15.8 Å². The van der Waals surface area contributed by atoms with Crippen molar-refractivity contribution in [1.82, 2.24) is 5.16 Å². The van der Waals surface area contributed by atoms with E-state index in [-0.39, 0.29) is 11.8 Å². The Morgan fingerprint density at radius 1 is 1.32 bits per heavy atom. The lowest BCUT2D eigenvalue weighted by Crippen LogP contribution is -2.14. The molecule has 6 heteroatoms. The van der Waals surface area contributed by atoms with Gasteiger partial charge in [0, 0.05) is 11.4 Å². The number of benzene rings is 1. The number of aryl methyl sites for hydroxylation is 2. The van der Waals surface area contributed by atoms with Crippen molar-refractivity contribution in [2.75, 3.05) is 10.6 Å². The lowest BCUT2D eigenvalue weighted by Gasteiger charge is -2.14. The molecule has 0 fully saturated rings. The third kappa shape index (κ3) is 3.16. The zero-order valence-electron chi connectivity index (χ0n) is 13.1. The highest BCUT2D eigenvalue weighted by Crippen LogP contribution is 2.27. The van der Waals surface area contributed by atoms with E-state index in [1.165, 1.54) is 0 Å². The molecule has 2 rings (SSSR count). The van der Waals surface area contributed by atoms with E-state index in [1.807, 2.05) is 19.9 Å². The molecule has 6 nitrogen and oxygen atoms in total. The lowest BCUT2D eigenvalue weighted by molar-refractivity contribution is -0.105. The monoisotopic (exact) mass is 301 g/mol. The molecule has 0 saturated carbocycles. The number of hydrogen-bond acceptors (Lipinski definition) is 4. The average molecular weight is 301 g/mol. The zero-order valence-corrected chi connectivity index (χ0v) is 13.1. The Morgan fingerprint density at radius 3 is 2.59 bits per heavy atom. The fourth-order valence-electron chi connectivity index (χ4n) is 2.33. The van der Waals surface area contributed by atoms with Gasteiger partial charge in [0.2, 0.25) is 6.41 Å². The molecule has 0 bridgehead atoms. The number of carbonyl (C=O) groups is 2. The summed E-state index contributed by atoms with van der Waals surface area (Å²) in [5.74, 6) is 0.445.